The second kappa shape index (κ2) is 20.1. The minimum Gasteiger partial charge on any atom is -0.483 e. The molecule has 1 aromatic heterocycles. The van der Waals surface area contributed by atoms with E-state index in [-0.39, 0.29) is 36.7 Å². The third-order valence-corrected chi connectivity index (χ3v) is 4.67. The molecule has 0 bridgehead atoms. The number of tetrazole rings is 1. The van der Waals surface area contributed by atoms with Crippen LogP contribution in [0.5, 0.6) is 0 Å². The number of rotatable bonds is 10. The molecule has 1 amide bonds. The zero-order valence-corrected chi connectivity index (χ0v) is 24.1. The van der Waals surface area contributed by atoms with Crippen molar-refractivity contribution in [2.45, 2.75) is 47.2 Å². The van der Waals surface area contributed by atoms with Gasteiger partial charge in [-0.3, -0.25) is 14.4 Å². The summed E-state index contributed by atoms with van der Waals surface area (Å²) in [6, 6.07) is 13.4. The minimum absolute atomic E-state index is 0.111. The smallest absolute Gasteiger partial charge is 0.335 e. The van der Waals surface area contributed by atoms with Gasteiger partial charge in [-0.05, 0) is 40.6 Å². The summed E-state index contributed by atoms with van der Waals surface area (Å²) in [4.78, 5) is 38.0. The van der Waals surface area contributed by atoms with Gasteiger partial charge < -0.3 is 15.9 Å². The molecular formula is C26H39N9O6. The summed E-state index contributed by atoms with van der Waals surface area (Å²) in [6.45, 7) is 8.21. The molecule has 6 N–H and O–H groups in total. The molecule has 0 saturated heterocycles. The van der Waals surface area contributed by atoms with Gasteiger partial charge in [-0.2, -0.15) is 4.80 Å². The van der Waals surface area contributed by atoms with E-state index in [1.807, 2.05) is 33.8 Å². The Labute approximate surface area is 238 Å². The molecule has 0 radical (unpaired) electrons. The van der Waals surface area contributed by atoms with Crippen molar-refractivity contribution in [2.75, 3.05) is 14.2 Å². The number of carbonyl (C=O) groups excluding carboxylic acids is 1. The van der Waals surface area contributed by atoms with Crippen LogP contribution in [0.2, 0.25) is 0 Å². The lowest BCUT2D eigenvalue weighted by atomic mass is 10.1. The lowest BCUT2D eigenvalue weighted by molar-refractivity contribution is -0.122. The first kappa shape index (κ1) is 36.1. The summed E-state index contributed by atoms with van der Waals surface area (Å²) in [5.74, 6) is 5.08. The van der Waals surface area contributed by atoms with Crippen LogP contribution < -0.4 is 11.6 Å². The Morgan fingerprint density at radius 3 is 2.22 bits per heavy atom. The first-order valence-electron chi connectivity index (χ1n) is 12.6. The molecule has 0 aliphatic heterocycles. The van der Waals surface area contributed by atoms with E-state index in [0.29, 0.717) is 23.5 Å². The summed E-state index contributed by atoms with van der Waals surface area (Å²) >= 11 is 0. The second-order valence-electron chi connectivity index (χ2n) is 7.40. The number of hydrazine groups is 1. The number of nitrogens with zero attached hydrogens (tertiary/aromatic N) is 7. The first-order valence-corrected chi connectivity index (χ1v) is 12.6. The van der Waals surface area contributed by atoms with Crippen LogP contribution in [0.25, 0.3) is 0 Å². The zero-order valence-electron chi connectivity index (χ0n) is 24.1. The van der Waals surface area contributed by atoms with Crippen LogP contribution in [-0.2, 0) is 29.1 Å². The van der Waals surface area contributed by atoms with E-state index in [1.165, 1.54) is 31.1 Å². The Hall–Kier alpha value is -4.89. The van der Waals surface area contributed by atoms with Crippen LogP contribution in [0.15, 0.2) is 53.6 Å². The molecule has 41 heavy (non-hydrogen) atoms. The molecule has 0 aliphatic rings. The van der Waals surface area contributed by atoms with Crippen molar-refractivity contribution in [3.05, 3.63) is 76.6 Å². The highest BCUT2D eigenvalue weighted by Gasteiger charge is 2.13. The number of aromatic carboxylic acids is 1. The van der Waals surface area contributed by atoms with Gasteiger partial charge in [-0.25, -0.2) is 20.8 Å². The monoisotopic (exact) mass is 573 g/mol. The summed E-state index contributed by atoms with van der Waals surface area (Å²) in [7, 11) is 2.94. The average Bonchev–Trinajstić information content (AvgIpc) is 3.41. The highest BCUT2D eigenvalue weighted by Crippen LogP contribution is 2.10. The molecule has 3 aromatic rings. The van der Waals surface area contributed by atoms with Gasteiger partial charge in [0, 0.05) is 12.6 Å². The van der Waals surface area contributed by atoms with Crippen LogP contribution in [0.4, 0.5) is 0 Å². The van der Waals surface area contributed by atoms with Crippen molar-refractivity contribution in [1.82, 2.24) is 30.4 Å². The summed E-state index contributed by atoms with van der Waals surface area (Å²) in [5.41, 5.74) is 8.05. The quantitative estimate of drug-likeness (QED) is 0.0900. The third-order valence-electron chi connectivity index (χ3n) is 4.67. The number of nitrogens with two attached hydrogens (primary N) is 2. The molecule has 0 unspecified atom stereocenters. The van der Waals surface area contributed by atoms with Crippen LogP contribution in [-0.4, -0.2) is 78.9 Å². The fraction of sp³-hybridized carbons (Fsp3) is 0.346. The number of carboxylic acids is 1. The Morgan fingerprint density at radius 1 is 1.07 bits per heavy atom. The SMILES string of the molecule is CC.CC.CON(C)C(=O)c1cccc(Cn2nnc(C/C(N)=N/N(N)Cc3cccc(C(=O)O)c3)n2)c1.O=CO. The standard InChI is InChI=1S/C21H25N9O4.2C2H6.CH2O2/c1-28(34-2)20(31)16-7-3-6-15(9-16)13-30-26-19(24-27-30)11-18(22)25-29(23)12-14-5-4-8-17(10-14)21(32)33;2*1-2;2-1-3/h3-10H,11-13,23H2,1-2H3,(H2,22,25)(H,32,33);2*1-2H3;1H,(H,2,3). The van der Waals surface area contributed by atoms with Gasteiger partial charge in [0.25, 0.3) is 12.4 Å². The molecule has 0 fully saturated rings. The largest absolute Gasteiger partial charge is 0.483 e. The topological polar surface area (TPSA) is 215 Å². The molecule has 2 aromatic carbocycles. The molecule has 0 saturated carbocycles. The molecule has 15 heteroatoms. The summed E-state index contributed by atoms with van der Waals surface area (Å²) in [5, 5.41) is 34.6. The lowest BCUT2D eigenvalue weighted by Crippen LogP contribution is -2.29. The number of benzene rings is 2. The highest BCUT2D eigenvalue weighted by molar-refractivity contribution is 5.93. The number of amidine groups is 1. The van der Waals surface area contributed by atoms with E-state index >= 15 is 0 Å². The fourth-order valence-electron chi connectivity index (χ4n) is 3.03. The number of aromatic nitrogens is 4. The predicted octanol–water partition coefficient (Wildman–Crippen LogP) is 2.00. The van der Waals surface area contributed by atoms with Crippen LogP contribution in [0.1, 0.15) is 65.4 Å². The zero-order chi connectivity index (χ0) is 31.4. The third kappa shape index (κ3) is 13.1. The van der Waals surface area contributed by atoms with Gasteiger partial charge >= 0.3 is 5.97 Å². The number of hydroxylamine groups is 2. The van der Waals surface area contributed by atoms with E-state index in [2.05, 4.69) is 20.5 Å². The van der Waals surface area contributed by atoms with Gasteiger partial charge in [0.1, 0.15) is 5.84 Å². The van der Waals surface area contributed by atoms with E-state index in [9.17, 15) is 9.59 Å². The van der Waals surface area contributed by atoms with Gasteiger partial charge in [-0.1, -0.05) is 52.0 Å². The maximum Gasteiger partial charge on any atom is 0.335 e. The van der Waals surface area contributed by atoms with E-state index in [1.54, 1.807) is 30.3 Å². The summed E-state index contributed by atoms with van der Waals surface area (Å²) < 4.78 is 0. The maximum absolute atomic E-state index is 12.2. The van der Waals surface area contributed by atoms with E-state index < -0.39 is 5.97 Å². The summed E-state index contributed by atoms with van der Waals surface area (Å²) in [6.07, 6.45) is 0.111. The number of hydrogen-bond acceptors (Lipinski definition) is 10. The number of hydrogen-bond donors (Lipinski definition) is 4. The molecule has 15 nitrogen and oxygen atoms in total. The molecule has 1 heterocycles. The fourth-order valence-corrected chi connectivity index (χ4v) is 3.03. The number of carboxylic acid groups (broad SMARTS) is 2. The number of amides is 1. The minimum atomic E-state index is -1.02. The van der Waals surface area contributed by atoms with Crippen molar-refractivity contribution in [3.63, 3.8) is 0 Å². The van der Waals surface area contributed by atoms with Crippen molar-refractivity contribution in [3.8, 4) is 0 Å². The van der Waals surface area contributed by atoms with E-state index in [4.69, 9.17) is 31.4 Å². The van der Waals surface area contributed by atoms with Gasteiger partial charge in [0.15, 0.2) is 5.82 Å². The average molecular weight is 574 g/mol. The van der Waals surface area contributed by atoms with Gasteiger partial charge in [0.05, 0.1) is 32.2 Å². The van der Waals surface area contributed by atoms with Crippen LogP contribution >= 0.6 is 0 Å². The van der Waals surface area contributed by atoms with Crippen LogP contribution in [0, 0.1) is 0 Å². The Balaban J connectivity index is 0.00000210. The molecule has 3 rings (SSSR count). The normalized spacial score (nSPS) is 9.98. The van der Waals surface area contributed by atoms with Crippen molar-refractivity contribution in [1.29, 1.82) is 0 Å². The molecule has 0 atom stereocenters. The molecular weight excluding hydrogens is 534 g/mol. The van der Waals surface area contributed by atoms with Crippen molar-refractivity contribution in [2.24, 2.45) is 16.7 Å². The highest BCUT2D eigenvalue weighted by atomic mass is 16.7. The van der Waals surface area contributed by atoms with Crippen LogP contribution in [0.3, 0.4) is 0 Å². The second-order valence-corrected chi connectivity index (χ2v) is 7.40. The predicted molar refractivity (Wildman–Crippen MR) is 152 cm³/mol. The Kier molecular flexibility index (Phi) is 17.7. The van der Waals surface area contributed by atoms with Crippen molar-refractivity contribution < 1.29 is 29.4 Å². The van der Waals surface area contributed by atoms with Gasteiger partial charge in [0.2, 0.25) is 0 Å². The Bertz CT molecular complexity index is 1250. The maximum atomic E-state index is 12.2. The number of hydrazone groups is 1. The Morgan fingerprint density at radius 2 is 1.63 bits per heavy atom. The van der Waals surface area contributed by atoms with Gasteiger partial charge in [-0.15, -0.1) is 15.3 Å². The lowest BCUT2D eigenvalue weighted by Gasteiger charge is -2.14. The van der Waals surface area contributed by atoms with Crippen molar-refractivity contribution >= 4 is 24.2 Å². The molecule has 0 aliphatic carbocycles. The molecule has 224 valence electrons. The van der Waals surface area contributed by atoms with E-state index in [0.717, 1.165) is 15.7 Å². The number of carbonyl (C=O) groups is 3. The first-order chi connectivity index (χ1) is 19.7. The molecule has 0 spiro atoms.